The SMILES string of the molecule is CC(C)(C)c1nc(CC(C)(C)c2ncns2)no1. The summed E-state index contributed by atoms with van der Waals surface area (Å²) >= 11 is 1.41. The molecule has 5 nitrogen and oxygen atoms in total. The van der Waals surface area contributed by atoms with E-state index >= 15 is 0 Å². The first-order valence-corrected chi connectivity index (χ1v) is 6.66. The van der Waals surface area contributed by atoms with Gasteiger partial charge in [0.15, 0.2) is 5.82 Å². The number of rotatable bonds is 3. The molecule has 0 unspecified atom stereocenters. The lowest BCUT2D eigenvalue weighted by molar-refractivity contribution is 0.316. The van der Waals surface area contributed by atoms with Gasteiger partial charge in [-0.1, -0.05) is 39.8 Å². The molecule has 0 fully saturated rings. The zero-order chi connectivity index (χ0) is 13.4. The average Bonchev–Trinajstić information content (AvgIpc) is 2.83. The maximum Gasteiger partial charge on any atom is 0.232 e. The topological polar surface area (TPSA) is 64.7 Å². The van der Waals surface area contributed by atoms with Crippen molar-refractivity contribution in [2.45, 2.75) is 51.9 Å². The van der Waals surface area contributed by atoms with E-state index in [9.17, 15) is 0 Å². The first kappa shape index (κ1) is 13.1. The minimum Gasteiger partial charge on any atom is -0.339 e. The third-order valence-electron chi connectivity index (χ3n) is 2.65. The van der Waals surface area contributed by atoms with Crippen LogP contribution in [0.4, 0.5) is 0 Å². The van der Waals surface area contributed by atoms with Crippen molar-refractivity contribution in [3.8, 4) is 0 Å². The van der Waals surface area contributed by atoms with Crippen LogP contribution in [0, 0.1) is 0 Å². The Morgan fingerprint density at radius 3 is 2.44 bits per heavy atom. The summed E-state index contributed by atoms with van der Waals surface area (Å²) in [5.74, 6) is 1.39. The zero-order valence-corrected chi connectivity index (χ0v) is 12.2. The Bertz CT molecular complexity index is 510. The zero-order valence-electron chi connectivity index (χ0n) is 11.4. The highest BCUT2D eigenvalue weighted by Crippen LogP contribution is 2.28. The summed E-state index contributed by atoms with van der Waals surface area (Å²) in [5.41, 5.74) is -0.238. The molecule has 98 valence electrons. The second-order valence-electron chi connectivity index (χ2n) is 6.07. The van der Waals surface area contributed by atoms with Gasteiger partial charge in [0.05, 0.1) is 0 Å². The van der Waals surface area contributed by atoms with Crippen LogP contribution in [-0.4, -0.2) is 19.5 Å². The van der Waals surface area contributed by atoms with Crippen LogP contribution < -0.4 is 0 Å². The Hall–Kier alpha value is -1.30. The van der Waals surface area contributed by atoms with Crippen LogP contribution in [0.25, 0.3) is 0 Å². The number of aromatic nitrogens is 4. The molecule has 0 atom stereocenters. The third-order valence-corrected chi connectivity index (χ3v) is 3.68. The lowest BCUT2D eigenvalue weighted by atomic mass is 9.90. The first-order valence-electron chi connectivity index (χ1n) is 5.89. The fourth-order valence-electron chi connectivity index (χ4n) is 1.57. The van der Waals surface area contributed by atoms with Gasteiger partial charge in [-0.2, -0.15) is 9.36 Å². The molecule has 0 bridgehead atoms. The molecule has 0 spiro atoms. The van der Waals surface area contributed by atoms with Crippen LogP contribution in [0.1, 0.15) is 51.3 Å². The number of hydrogen-bond acceptors (Lipinski definition) is 6. The average molecular weight is 266 g/mol. The van der Waals surface area contributed by atoms with E-state index in [0.29, 0.717) is 12.3 Å². The monoisotopic (exact) mass is 266 g/mol. The van der Waals surface area contributed by atoms with Gasteiger partial charge in [-0.15, -0.1) is 0 Å². The van der Waals surface area contributed by atoms with Crippen LogP contribution in [0.2, 0.25) is 0 Å². The van der Waals surface area contributed by atoms with Gasteiger partial charge in [0, 0.05) is 17.3 Å². The Balaban J connectivity index is 2.17. The quantitative estimate of drug-likeness (QED) is 0.854. The Morgan fingerprint density at radius 2 is 1.94 bits per heavy atom. The highest BCUT2D eigenvalue weighted by Gasteiger charge is 2.29. The van der Waals surface area contributed by atoms with Crippen molar-refractivity contribution in [3.63, 3.8) is 0 Å². The predicted octanol–water partition coefficient (Wildman–Crippen LogP) is 2.74. The molecule has 2 heterocycles. The molecule has 0 N–H and O–H groups in total. The molecule has 0 amide bonds. The summed E-state index contributed by atoms with van der Waals surface area (Å²) in [7, 11) is 0. The standard InChI is InChI=1S/C12H18N4OS/c1-11(2,3)9-15-8(16-17-9)6-12(4,5)10-13-7-14-18-10/h7H,6H2,1-5H3. The largest absolute Gasteiger partial charge is 0.339 e. The highest BCUT2D eigenvalue weighted by molar-refractivity contribution is 7.05. The molecule has 0 radical (unpaired) electrons. The fourth-order valence-corrected chi connectivity index (χ4v) is 2.18. The molecule has 6 heteroatoms. The van der Waals surface area contributed by atoms with Crippen molar-refractivity contribution < 1.29 is 4.52 Å². The molecule has 0 aromatic carbocycles. The lowest BCUT2D eigenvalue weighted by Crippen LogP contribution is -2.21. The van der Waals surface area contributed by atoms with E-state index in [4.69, 9.17) is 4.52 Å². The van der Waals surface area contributed by atoms with E-state index in [1.807, 2.05) is 0 Å². The van der Waals surface area contributed by atoms with Gasteiger partial charge in [-0.3, -0.25) is 0 Å². The molecule has 0 aliphatic carbocycles. The molecule has 2 aromatic rings. The van der Waals surface area contributed by atoms with Gasteiger partial charge in [0.1, 0.15) is 11.3 Å². The Kier molecular flexibility index (Phi) is 3.23. The summed E-state index contributed by atoms with van der Waals surface area (Å²) in [4.78, 5) is 8.72. The fraction of sp³-hybridized carbons (Fsp3) is 0.667. The second kappa shape index (κ2) is 4.42. The predicted molar refractivity (Wildman–Crippen MR) is 69.6 cm³/mol. The number of nitrogens with zero attached hydrogens (tertiary/aromatic N) is 4. The van der Waals surface area contributed by atoms with Crippen LogP contribution in [-0.2, 0) is 17.3 Å². The molecule has 0 saturated heterocycles. The maximum atomic E-state index is 5.30. The number of hydrogen-bond donors (Lipinski definition) is 0. The molecule has 0 aliphatic heterocycles. The van der Waals surface area contributed by atoms with E-state index in [2.05, 4.69) is 54.1 Å². The van der Waals surface area contributed by atoms with E-state index in [-0.39, 0.29) is 10.8 Å². The van der Waals surface area contributed by atoms with Crippen LogP contribution in [0.15, 0.2) is 10.9 Å². The maximum absolute atomic E-state index is 5.30. The lowest BCUT2D eigenvalue weighted by Gasteiger charge is -2.18. The molecule has 0 aliphatic rings. The summed E-state index contributed by atoms with van der Waals surface area (Å²) in [6.07, 6.45) is 2.28. The van der Waals surface area contributed by atoms with Crippen molar-refractivity contribution in [2.75, 3.05) is 0 Å². The third kappa shape index (κ3) is 2.75. The van der Waals surface area contributed by atoms with Crippen molar-refractivity contribution in [1.82, 2.24) is 19.5 Å². The van der Waals surface area contributed by atoms with Gasteiger partial charge in [-0.25, -0.2) is 4.98 Å². The van der Waals surface area contributed by atoms with Gasteiger partial charge >= 0.3 is 0 Å². The van der Waals surface area contributed by atoms with Crippen molar-refractivity contribution >= 4 is 11.5 Å². The van der Waals surface area contributed by atoms with Crippen LogP contribution in [0.3, 0.4) is 0 Å². The van der Waals surface area contributed by atoms with Gasteiger partial charge < -0.3 is 4.52 Å². The second-order valence-corrected chi connectivity index (χ2v) is 6.85. The van der Waals surface area contributed by atoms with Gasteiger partial charge in [0.2, 0.25) is 5.89 Å². The minimum atomic E-state index is -0.125. The highest BCUT2D eigenvalue weighted by atomic mass is 32.1. The van der Waals surface area contributed by atoms with E-state index in [1.165, 1.54) is 11.5 Å². The Labute approximate surface area is 111 Å². The van der Waals surface area contributed by atoms with Crippen LogP contribution in [0.5, 0.6) is 0 Å². The van der Waals surface area contributed by atoms with Crippen molar-refractivity contribution in [3.05, 3.63) is 23.1 Å². The molecule has 2 rings (SSSR count). The van der Waals surface area contributed by atoms with Crippen molar-refractivity contribution in [2.24, 2.45) is 0 Å². The molecule has 2 aromatic heterocycles. The molecule has 0 saturated carbocycles. The normalized spacial score (nSPS) is 12.9. The smallest absolute Gasteiger partial charge is 0.232 e. The summed E-state index contributed by atoms with van der Waals surface area (Å²) < 4.78 is 9.34. The van der Waals surface area contributed by atoms with Crippen molar-refractivity contribution in [1.29, 1.82) is 0 Å². The van der Waals surface area contributed by atoms with Gasteiger partial charge in [-0.05, 0) is 11.5 Å². The van der Waals surface area contributed by atoms with E-state index in [1.54, 1.807) is 6.33 Å². The first-order chi connectivity index (χ1) is 8.29. The molecular weight excluding hydrogens is 248 g/mol. The van der Waals surface area contributed by atoms with E-state index in [0.717, 1.165) is 10.8 Å². The molecule has 18 heavy (non-hydrogen) atoms. The Morgan fingerprint density at radius 1 is 1.22 bits per heavy atom. The van der Waals surface area contributed by atoms with Crippen LogP contribution >= 0.6 is 11.5 Å². The summed E-state index contributed by atoms with van der Waals surface area (Å²) in [6, 6.07) is 0. The van der Waals surface area contributed by atoms with Gasteiger partial charge in [0.25, 0.3) is 0 Å². The minimum absolute atomic E-state index is 0.113. The van der Waals surface area contributed by atoms with E-state index < -0.39 is 0 Å². The molecular formula is C12H18N4OS. The summed E-state index contributed by atoms with van der Waals surface area (Å²) in [5, 5.41) is 5.04. The summed E-state index contributed by atoms with van der Waals surface area (Å²) in [6.45, 7) is 10.4.